The molecule has 8 nitrogen and oxygen atoms in total. The van der Waals surface area contributed by atoms with Crippen molar-refractivity contribution in [3.63, 3.8) is 0 Å². The Kier molecular flexibility index (Phi) is 4.21. The molecule has 2 amide bonds. The van der Waals surface area contributed by atoms with Crippen molar-refractivity contribution in [1.29, 1.82) is 0 Å². The van der Waals surface area contributed by atoms with E-state index >= 15 is 0 Å². The fraction of sp³-hybridized carbons (Fsp3) is 0.250. The number of halogens is 1. The zero-order valence-corrected chi connectivity index (χ0v) is 10.3. The molecular formula is C8H11BrN6O2. The van der Waals surface area contributed by atoms with Crippen LogP contribution in [-0.4, -0.2) is 34.9 Å². The Morgan fingerprint density at radius 1 is 1.29 bits per heavy atom. The van der Waals surface area contributed by atoms with Crippen LogP contribution in [0.5, 0.6) is 0 Å². The van der Waals surface area contributed by atoms with E-state index in [4.69, 9.17) is 17.2 Å². The molecule has 0 fully saturated rings. The van der Waals surface area contributed by atoms with Gasteiger partial charge in [-0.1, -0.05) is 0 Å². The Balaban J connectivity index is 3.06. The standard InChI is InChI=1S/C8H11BrN6O2/c9-4-1-13-8(12)14-7(4)15(2-5(10)16)3-6(11)17/h1H,2-3H2,(H2,10,16)(H2,11,17)(H2,12,13,14). The van der Waals surface area contributed by atoms with Crippen LogP contribution < -0.4 is 22.1 Å². The van der Waals surface area contributed by atoms with Crippen molar-refractivity contribution in [1.82, 2.24) is 9.97 Å². The topological polar surface area (TPSA) is 141 Å². The lowest BCUT2D eigenvalue weighted by molar-refractivity contribution is -0.117. The van der Waals surface area contributed by atoms with Gasteiger partial charge in [0.25, 0.3) is 0 Å². The van der Waals surface area contributed by atoms with Crippen molar-refractivity contribution in [2.45, 2.75) is 0 Å². The summed E-state index contributed by atoms with van der Waals surface area (Å²) in [6, 6.07) is 0. The molecule has 0 saturated heterocycles. The number of nitrogen functional groups attached to an aromatic ring is 1. The van der Waals surface area contributed by atoms with Gasteiger partial charge in [0, 0.05) is 6.20 Å². The Bertz CT molecular complexity index is 436. The third-order valence-corrected chi connectivity index (χ3v) is 2.30. The van der Waals surface area contributed by atoms with Gasteiger partial charge >= 0.3 is 0 Å². The first-order valence-corrected chi connectivity index (χ1v) is 5.29. The zero-order chi connectivity index (χ0) is 13.0. The van der Waals surface area contributed by atoms with Crippen LogP contribution >= 0.6 is 15.9 Å². The molecule has 92 valence electrons. The van der Waals surface area contributed by atoms with Crippen molar-refractivity contribution in [3.8, 4) is 0 Å². The second-order valence-corrected chi connectivity index (χ2v) is 4.04. The molecule has 0 aliphatic carbocycles. The van der Waals surface area contributed by atoms with Gasteiger partial charge in [-0.15, -0.1) is 0 Å². The monoisotopic (exact) mass is 302 g/mol. The summed E-state index contributed by atoms with van der Waals surface area (Å²) in [6.45, 7) is -0.393. The number of carbonyl (C=O) groups excluding carboxylic acids is 2. The first kappa shape index (κ1) is 13.2. The molecule has 9 heteroatoms. The highest BCUT2D eigenvalue weighted by Crippen LogP contribution is 2.23. The van der Waals surface area contributed by atoms with Gasteiger partial charge in [-0.25, -0.2) is 4.98 Å². The molecule has 1 aromatic heterocycles. The molecule has 0 spiro atoms. The number of aromatic nitrogens is 2. The van der Waals surface area contributed by atoms with Crippen molar-refractivity contribution >= 4 is 39.5 Å². The molecule has 6 N–H and O–H groups in total. The SMILES string of the molecule is NC(=O)CN(CC(N)=O)c1nc(N)ncc1Br. The average molecular weight is 303 g/mol. The van der Waals surface area contributed by atoms with Gasteiger partial charge < -0.3 is 22.1 Å². The first-order chi connectivity index (χ1) is 7.90. The number of nitrogens with zero attached hydrogens (tertiary/aromatic N) is 3. The Hall–Kier alpha value is -1.90. The van der Waals surface area contributed by atoms with Crippen LogP contribution in [0.3, 0.4) is 0 Å². The minimum absolute atomic E-state index is 0.0159. The Morgan fingerprint density at radius 3 is 2.29 bits per heavy atom. The van der Waals surface area contributed by atoms with Crippen LogP contribution in [0.15, 0.2) is 10.7 Å². The number of amides is 2. The summed E-state index contributed by atoms with van der Waals surface area (Å²) in [4.78, 5) is 30.8. The van der Waals surface area contributed by atoms with Crippen LogP contribution in [0.4, 0.5) is 11.8 Å². The molecule has 1 aromatic rings. The fourth-order valence-electron chi connectivity index (χ4n) is 1.17. The third-order valence-electron chi connectivity index (χ3n) is 1.74. The first-order valence-electron chi connectivity index (χ1n) is 4.49. The average Bonchev–Trinajstić information content (AvgIpc) is 2.19. The maximum Gasteiger partial charge on any atom is 0.237 e. The molecule has 0 unspecified atom stereocenters. The summed E-state index contributed by atoms with van der Waals surface area (Å²) < 4.78 is 0.481. The lowest BCUT2D eigenvalue weighted by Crippen LogP contribution is -2.40. The smallest absolute Gasteiger partial charge is 0.237 e. The third kappa shape index (κ3) is 3.87. The summed E-state index contributed by atoms with van der Waals surface area (Å²) in [5.41, 5.74) is 15.6. The van der Waals surface area contributed by atoms with Crippen molar-refractivity contribution < 1.29 is 9.59 Å². The van der Waals surface area contributed by atoms with E-state index in [1.165, 1.54) is 11.1 Å². The Labute approximate surface area is 105 Å². The Morgan fingerprint density at radius 2 is 1.82 bits per heavy atom. The molecule has 0 bridgehead atoms. The number of rotatable bonds is 5. The van der Waals surface area contributed by atoms with E-state index < -0.39 is 11.8 Å². The molecule has 17 heavy (non-hydrogen) atoms. The molecule has 0 aliphatic rings. The summed E-state index contributed by atoms with van der Waals surface area (Å²) in [5, 5.41) is 0. The predicted octanol–water partition coefficient (Wildman–Crippen LogP) is -1.40. The van der Waals surface area contributed by atoms with Gasteiger partial charge in [0.15, 0.2) is 0 Å². The number of hydrogen-bond donors (Lipinski definition) is 3. The normalized spacial score (nSPS) is 9.94. The lowest BCUT2D eigenvalue weighted by Gasteiger charge is -2.21. The number of nitrogens with two attached hydrogens (primary N) is 3. The van der Waals surface area contributed by atoms with E-state index in [0.29, 0.717) is 4.47 Å². The van der Waals surface area contributed by atoms with Crippen LogP contribution in [0, 0.1) is 0 Å². The predicted molar refractivity (Wildman–Crippen MR) is 64.7 cm³/mol. The number of anilines is 2. The number of hydrogen-bond acceptors (Lipinski definition) is 6. The van der Waals surface area contributed by atoms with Crippen molar-refractivity contribution in [2.75, 3.05) is 23.7 Å². The summed E-state index contributed by atoms with van der Waals surface area (Å²) in [6.07, 6.45) is 1.41. The summed E-state index contributed by atoms with van der Waals surface area (Å²) in [7, 11) is 0. The highest BCUT2D eigenvalue weighted by atomic mass is 79.9. The second kappa shape index (κ2) is 5.43. The fourth-order valence-corrected chi connectivity index (χ4v) is 1.62. The molecule has 0 radical (unpaired) electrons. The van der Waals surface area contributed by atoms with E-state index in [2.05, 4.69) is 25.9 Å². The van der Waals surface area contributed by atoms with Gasteiger partial charge in [-0.3, -0.25) is 9.59 Å². The molecule has 0 atom stereocenters. The summed E-state index contributed by atoms with van der Waals surface area (Å²) >= 11 is 3.18. The van der Waals surface area contributed by atoms with Crippen LogP contribution in [-0.2, 0) is 9.59 Å². The van der Waals surface area contributed by atoms with Gasteiger partial charge in [-0.2, -0.15) is 4.98 Å². The number of primary amides is 2. The van der Waals surface area contributed by atoms with Gasteiger partial charge in [0.1, 0.15) is 5.82 Å². The van der Waals surface area contributed by atoms with Crippen LogP contribution in [0.2, 0.25) is 0 Å². The minimum Gasteiger partial charge on any atom is -0.368 e. The molecule has 1 heterocycles. The van der Waals surface area contributed by atoms with E-state index in [-0.39, 0.29) is 24.9 Å². The molecule has 0 aromatic carbocycles. The molecular weight excluding hydrogens is 292 g/mol. The van der Waals surface area contributed by atoms with E-state index in [1.807, 2.05) is 0 Å². The quantitative estimate of drug-likeness (QED) is 0.610. The van der Waals surface area contributed by atoms with Crippen molar-refractivity contribution in [2.24, 2.45) is 11.5 Å². The molecule has 0 saturated carbocycles. The molecule has 1 rings (SSSR count). The largest absolute Gasteiger partial charge is 0.368 e. The number of carbonyl (C=O) groups is 2. The molecule has 0 aliphatic heterocycles. The maximum absolute atomic E-state index is 10.9. The zero-order valence-electron chi connectivity index (χ0n) is 8.76. The second-order valence-electron chi connectivity index (χ2n) is 3.19. The summed E-state index contributed by atoms with van der Waals surface area (Å²) in [5.74, 6) is -0.928. The van der Waals surface area contributed by atoms with E-state index in [1.54, 1.807) is 0 Å². The van der Waals surface area contributed by atoms with E-state index in [9.17, 15) is 9.59 Å². The lowest BCUT2D eigenvalue weighted by atomic mass is 10.4. The van der Waals surface area contributed by atoms with Crippen LogP contribution in [0.1, 0.15) is 0 Å². The van der Waals surface area contributed by atoms with Gasteiger partial charge in [0.2, 0.25) is 17.8 Å². The highest BCUT2D eigenvalue weighted by Gasteiger charge is 2.17. The minimum atomic E-state index is -0.615. The van der Waals surface area contributed by atoms with E-state index in [0.717, 1.165) is 0 Å². The maximum atomic E-state index is 10.9. The van der Waals surface area contributed by atoms with Crippen molar-refractivity contribution in [3.05, 3.63) is 10.7 Å². The van der Waals surface area contributed by atoms with Gasteiger partial charge in [0.05, 0.1) is 17.6 Å². The van der Waals surface area contributed by atoms with Crippen LogP contribution in [0.25, 0.3) is 0 Å². The van der Waals surface area contributed by atoms with Gasteiger partial charge in [-0.05, 0) is 15.9 Å². The highest BCUT2D eigenvalue weighted by molar-refractivity contribution is 9.10.